The van der Waals surface area contributed by atoms with Crippen molar-refractivity contribution < 1.29 is 0 Å². The predicted octanol–water partition coefficient (Wildman–Crippen LogP) is 1.04. The van der Waals surface area contributed by atoms with Gasteiger partial charge in [0.15, 0.2) is 0 Å². The van der Waals surface area contributed by atoms with Crippen LogP contribution in [0.25, 0.3) is 0 Å². The Hall–Kier alpha value is 0.250. The molecule has 0 radical (unpaired) electrons. The molecule has 0 unspecified atom stereocenters. The molecule has 0 aliphatic heterocycles. The van der Waals surface area contributed by atoms with Gasteiger partial charge in [-0.25, -0.2) is 0 Å². The Labute approximate surface area is 45.5 Å². The number of hydrogen-bond acceptors (Lipinski definition) is 1. The minimum atomic E-state index is 0. The Morgan fingerprint density at radius 3 is 2.00 bits per heavy atom. The van der Waals surface area contributed by atoms with Gasteiger partial charge in [-0.15, -0.1) is 12.4 Å². The van der Waals surface area contributed by atoms with Gasteiger partial charge >= 0.3 is 0 Å². The van der Waals surface area contributed by atoms with Crippen LogP contribution in [0, 0.1) is 0 Å². The third-order valence-corrected chi connectivity index (χ3v) is 0.500. The highest BCUT2D eigenvalue weighted by Crippen LogP contribution is 1.62. The second kappa shape index (κ2) is 8.98. The fourth-order valence-electron chi connectivity index (χ4n) is 0.250. The first-order valence-electron chi connectivity index (χ1n) is 2.06. The molecule has 0 aliphatic rings. The lowest BCUT2D eigenvalue weighted by Gasteiger charge is -1.84. The predicted molar refractivity (Wildman–Crippen MR) is 31.5 cm³/mol. The topological polar surface area (TPSA) is 12.0 Å². The maximum absolute atomic E-state index is 3.02. The van der Waals surface area contributed by atoms with Crippen molar-refractivity contribution in [1.29, 1.82) is 0 Å². The van der Waals surface area contributed by atoms with Crippen LogP contribution < -0.4 is 5.32 Å². The monoisotopic (exact) mass is 109 g/mol. The molecular formula is C4H12ClN. The molecule has 2 heteroatoms. The molecular weight excluding hydrogens is 97.5 g/mol. The van der Waals surface area contributed by atoms with E-state index in [4.69, 9.17) is 0 Å². The highest BCUT2D eigenvalue weighted by Gasteiger charge is 1.64. The van der Waals surface area contributed by atoms with Crippen molar-refractivity contribution in [2.45, 2.75) is 13.3 Å². The molecule has 0 rings (SSSR count). The molecule has 0 aromatic carbocycles. The molecule has 0 saturated heterocycles. The summed E-state index contributed by atoms with van der Waals surface area (Å²) in [6, 6.07) is 0. The van der Waals surface area contributed by atoms with Gasteiger partial charge < -0.3 is 5.32 Å². The van der Waals surface area contributed by atoms with Crippen LogP contribution >= 0.6 is 12.4 Å². The zero-order valence-electron chi connectivity index (χ0n) is 4.32. The van der Waals surface area contributed by atoms with Gasteiger partial charge in [0.05, 0.1) is 0 Å². The molecule has 0 atom stereocenters. The van der Waals surface area contributed by atoms with E-state index in [0.29, 0.717) is 0 Å². The smallest absolute Gasteiger partial charge is 0.00546 e. The standard InChI is InChI=1S/C4H11N.ClH/c1-3-4-5-2;/h5H,3-4H2,1-2H3;1H. The summed E-state index contributed by atoms with van der Waals surface area (Å²) in [5.41, 5.74) is 0. The Bertz CT molecular complexity index is 15.0. The van der Waals surface area contributed by atoms with E-state index in [1.807, 2.05) is 7.05 Å². The molecule has 0 aliphatic carbocycles. The van der Waals surface area contributed by atoms with Crippen LogP contribution in [0.2, 0.25) is 0 Å². The molecule has 0 heterocycles. The minimum Gasteiger partial charge on any atom is -0.320 e. The average Bonchev–Trinajstić information content (AvgIpc) is 1.41. The van der Waals surface area contributed by atoms with Crippen molar-refractivity contribution in [2.75, 3.05) is 13.6 Å². The van der Waals surface area contributed by atoms with Gasteiger partial charge in [0.1, 0.15) is 0 Å². The molecule has 6 heavy (non-hydrogen) atoms. The van der Waals surface area contributed by atoms with Crippen LogP contribution in [0.5, 0.6) is 0 Å². The van der Waals surface area contributed by atoms with Gasteiger partial charge in [-0.2, -0.15) is 0 Å². The van der Waals surface area contributed by atoms with Crippen LogP contribution in [0.4, 0.5) is 0 Å². The quantitative estimate of drug-likeness (QED) is 0.559. The van der Waals surface area contributed by atoms with Crippen LogP contribution in [0.15, 0.2) is 0 Å². The number of hydrogen-bond donors (Lipinski definition) is 1. The van der Waals surface area contributed by atoms with Gasteiger partial charge in [0.2, 0.25) is 0 Å². The highest BCUT2D eigenvalue weighted by atomic mass is 35.5. The van der Waals surface area contributed by atoms with E-state index in [-0.39, 0.29) is 12.4 Å². The summed E-state index contributed by atoms with van der Waals surface area (Å²) in [5.74, 6) is 0. The molecule has 0 bridgehead atoms. The van der Waals surface area contributed by atoms with Gasteiger partial charge in [0.25, 0.3) is 0 Å². The Balaban J connectivity index is 0. The second-order valence-corrected chi connectivity index (χ2v) is 1.10. The van der Waals surface area contributed by atoms with E-state index in [9.17, 15) is 0 Å². The van der Waals surface area contributed by atoms with Crippen LogP contribution in [0.3, 0.4) is 0 Å². The third kappa shape index (κ3) is 8.87. The summed E-state index contributed by atoms with van der Waals surface area (Å²) in [6.45, 7) is 3.29. The Morgan fingerprint density at radius 1 is 1.50 bits per heavy atom. The molecule has 1 N–H and O–H groups in total. The zero-order valence-corrected chi connectivity index (χ0v) is 5.14. The van der Waals surface area contributed by atoms with Gasteiger partial charge in [-0.05, 0) is 20.0 Å². The Kier molecular flexibility index (Phi) is 14.3. The fourth-order valence-corrected chi connectivity index (χ4v) is 0.250. The first kappa shape index (κ1) is 9.54. The van der Waals surface area contributed by atoms with Crippen molar-refractivity contribution in [1.82, 2.24) is 5.32 Å². The molecule has 0 aromatic rings. The van der Waals surface area contributed by atoms with Crippen LogP contribution in [-0.2, 0) is 0 Å². The van der Waals surface area contributed by atoms with Gasteiger partial charge in [-0.1, -0.05) is 6.92 Å². The van der Waals surface area contributed by atoms with E-state index in [2.05, 4.69) is 12.2 Å². The number of halogens is 1. The number of rotatable bonds is 2. The summed E-state index contributed by atoms with van der Waals surface area (Å²) >= 11 is 0. The number of nitrogens with one attached hydrogen (secondary N) is 1. The van der Waals surface area contributed by atoms with E-state index in [0.717, 1.165) is 6.54 Å². The highest BCUT2D eigenvalue weighted by molar-refractivity contribution is 5.85. The van der Waals surface area contributed by atoms with Crippen LogP contribution in [0.1, 0.15) is 13.3 Å². The molecule has 0 amide bonds. The lowest BCUT2D eigenvalue weighted by molar-refractivity contribution is 0.772. The van der Waals surface area contributed by atoms with Crippen molar-refractivity contribution in [3.05, 3.63) is 0 Å². The van der Waals surface area contributed by atoms with Crippen molar-refractivity contribution in [2.24, 2.45) is 0 Å². The first-order chi connectivity index (χ1) is 2.41. The largest absolute Gasteiger partial charge is 0.320 e. The van der Waals surface area contributed by atoms with E-state index in [1.165, 1.54) is 6.42 Å². The normalized spacial score (nSPS) is 7.00. The molecule has 1 nitrogen and oxygen atoms in total. The SMILES string of the molecule is CCCNC.Cl. The summed E-state index contributed by atoms with van der Waals surface area (Å²) < 4.78 is 0. The average molecular weight is 110 g/mol. The molecule has 0 spiro atoms. The maximum atomic E-state index is 3.02. The molecule has 0 saturated carbocycles. The van der Waals surface area contributed by atoms with Gasteiger partial charge in [-0.3, -0.25) is 0 Å². The fraction of sp³-hybridized carbons (Fsp3) is 1.00. The van der Waals surface area contributed by atoms with E-state index in [1.54, 1.807) is 0 Å². The molecule has 0 aromatic heterocycles. The minimum absolute atomic E-state index is 0. The Morgan fingerprint density at radius 2 is 2.00 bits per heavy atom. The molecule has 0 fully saturated rings. The second-order valence-electron chi connectivity index (χ2n) is 1.10. The molecule has 40 valence electrons. The van der Waals surface area contributed by atoms with Crippen molar-refractivity contribution in [3.63, 3.8) is 0 Å². The third-order valence-electron chi connectivity index (χ3n) is 0.500. The van der Waals surface area contributed by atoms with Crippen LogP contribution in [-0.4, -0.2) is 13.6 Å². The van der Waals surface area contributed by atoms with Gasteiger partial charge in [0, 0.05) is 0 Å². The van der Waals surface area contributed by atoms with E-state index < -0.39 is 0 Å². The van der Waals surface area contributed by atoms with Crippen molar-refractivity contribution in [3.8, 4) is 0 Å². The summed E-state index contributed by atoms with van der Waals surface area (Å²) in [4.78, 5) is 0. The summed E-state index contributed by atoms with van der Waals surface area (Å²) in [5, 5.41) is 3.02. The summed E-state index contributed by atoms with van der Waals surface area (Å²) in [6.07, 6.45) is 1.23. The zero-order chi connectivity index (χ0) is 4.12. The van der Waals surface area contributed by atoms with Crippen molar-refractivity contribution >= 4 is 12.4 Å². The summed E-state index contributed by atoms with van der Waals surface area (Å²) in [7, 11) is 1.96. The lowest BCUT2D eigenvalue weighted by Crippen LogP contribution is -2.04. The lowest BCUT2D eigenvalue weighted by atomic mass is 10.5. The maximum Gasteiger partial charge on any atom is -0.00546 e. The first-order valence-corrected chi connectivity index (χ1v) is 2.06. The van der Waals surface area contributed by atoms with E-state index >= 15 is 0 Å².